The predicted molar refractivity (Wildman–Crippen MR) is 117 cm³/mol. The van der Waals surface area contributed by atoms with Crippen molar-refractivity contribution in [1.29, 1.82) is 0 Å². The Hall–Kier alpha value is -2.11. The second-order valence-corrected chi connectivity index (χ2v) is 12.2. The zero-order valence-corrected chi connectivity index (χ0v) is 21.0. The van der Waals surface area contributed by atoms with Crippen molar-refractivity contribution in [2.45, 2.75) is 31.0 Å². The number of anilines is 1. The number of oxazole rings is 1. The molecule has 3 unspecified atom stereocenters. The molecule has 4 heterocycles. The van der Waals surface area contributed by atoms with E-state index >= 15 is 4.39 Å². The SMILES string of the molecule is CC1(F)[C@H](O)[C@@H](COP(=O)(O)OP(=O)(O)OP(=O)(O)O)O[C@H]1n1cc(-c2ncco2)c2c(N)ncnc21. The van der Waals surface area contributed by atoms with Gasteiger partial charge in [0.1, 0.15) is 36.3 Å². The summed E-state index contributed by atoms with van der Waals surface area (Å²) in [5, 5.41) is 10.8. The summed E-state index contributed by atoms with van der Waals surface area (Å²) in [4.78, 5) is 48.0. The van der Waals surface area contributed by atoms with Crippen LogP contribution in [-0.2, 0) is 31.6 Å². The molecular formula is C15H19FN5O13P3. The van der Waals surface area contributed by atoms with E-state index in [4.69, 9.17) is 24.7 Å². The maximum absolute atomic E-state index is 15.7. The van der Waals surface area contributed by atoms with Crippen molar-refractivity contribution in [2.24, 2.45) is 0 Å². The number of nitrogen functional groups attached to an aromatic ring is 1. The summed E-state index contributed by atoms with van der Waals surface area (Å²) in [6.45, 7) is -0.113. The molecule has 1 saturated heterocycles. The normalized spacial score (nSPS) is 27.8. The number of hydrogen-bond acceptors (Lipinski definition) is 13. The van der Waals surface area contributed by atoms with Gasteiger partial charge in [0.25, 0.3) is 0 Å². The second kappa shape index (κ2) is 9.57. The quantitative estimate of drug-likeness (QED) is 0.190. The average Bonchev–Trinajstić information content (AvgIpc) is 3.43. The lowest BCUT2D eigenvalue weighted by atomic mass is 9.98. The summed E-state index contributed by atoms with van der Waals surface area (Å²) in [6.07, 6.45) is -0.211. The van der Waals surface area contributed by atoms with Crippen LogP contribution in [0.5, 0.6) is 0 Å². The third kappa shape index (κ3) is 5.83. The van der Waals surface area contributed by atoms with Crippen LogP contribution in [0.15, 0.2) is 29.4 Å². The molecular weight excluding hydrogens is 570 g/mol. The Morgan fingerprint density at radius 2 is 1.86 bits per heavy atom. The van der Waals surface area contributed by atoms with Gasteiger partial charge in [0.2, 0.25) is 5.89 Å². The van der Waals surface area contributed by atoms with Gasteiger partial charge in [-0.05, 0) is 6.92 Å². The van der Waals surface area contributed by atoms with Gasteiger partial charge in [0.05, 0.1) is 23.8 Å². The highest BCUT2D eigenvalue weighted by atomic mass is 31.3. The number of alkyl halides is 1. The molecule has 0 spiro atoms. The third-order valence-corrected chi connectivity index (χ3v) is 8.89. The fourth-order valence-electron chi connectivity index (χ4n) is 3.63. The fourth-order valence-corrected chi connectivity index (χ4v) is 6.66. The molecule has 204 valence electrons. The van der Waals surface area contributed by atoms with Gasteiger partial charge in [-0.25, -0.2) is 33.0 Å². The van der Waals surface area contributed by atoms with Gasteiger partial charge in [-0.3, -0.25) is 4.52 Å². The molecule has 0 radical (unpaired) electrons. The highest BCUT2D eigenvalue weighted by molar-refractivity contribution is 7.66. The molecule has 4 rings (SSSR count). The number of halogens is 1. The molecule has 0 aromatic carbocycles. The van der Waals surface area contributed by atoms with Gasteiger partial charge in [-0.1, -0.05) is 0 Å². The molecule has 0 aliphatic carbocycles. The number of aliphatic hydroxyl groups is 1. The van der Waals surface area contributed by atoms with Crippen LogP contribution in [0.1, 0.15) is 13.2 Å². The lowest BCUT2D eigenvalue weighted by Crippen LogP contribution is -2.40. The zero-order valence-electron chi connectivity index (χ0n) is 18.3. The van der Waals surface area contributed by atoms with Crippen LogP contribution in [-0.4, -0.2) is 68.7 Å². The molecule has 0 amide bonds. The van der Waals surface area contributed by atoms with Crippen molar-refractivity contribution in [3.8, 4) is 11.5 Å². The van der Waals surface area contributed by atoms with Gasteiger partial charge in [0, 0.05) is 6.20 Å². The van der Waals surface area contributed by atoms with E-state index in [2.05, 4.69) is 28.1 Å². The van der Waals surface area contributed by atoms with Crippen LogP contribution in [0.4, 0.5) is 10.2 Å². The number of rotatable bonds is 9. The molecule has 3 aromatic heterocycles. The van der Waals surface area contributed by atoms with E-state index in [1.54, 1.807) is 0 Å². The summed E-state index contributed by atoms with van der Waals surface area (Å²) < 4.78 is 73.6. The third-order valence-electron chi connectivity index (χ3n) is 5.09. The molecule has 1 fully saturated rings. The first kappa shape index (κ1) is 27.9. The molecule has 0 saturated carbocycles. The fraction of sp³-hybridized carbons (Fsp3) is 0.400. The summed E-state index contributed by atoms with van der Waals surface area (Å²) in [5.41, 5.74) is 3.72. The van der Waals surface area contributed by atoms with Crippen molar-refractivity contribution in [1.82, 2.24) is 19.5 Å². The number of phosphoric acid groups is 3. The van der Waals surface area contributed by atoms with Crippen molar-refractivity contribution in [3.05, 3.63) is 25.0 Å². The number of nitrogens with zero attached hydrogens (tertiary/aromatic N) is 4. The number of nitrogens with two attached hydrogens (primary N) is 1. The standard InChI is InChI=1S/C15H19FN5O13P3/c1-15(16)10(22)8(5-31-36(26,27)34-37(28,29)33-35(23,24)25)32-14(15)21-4-7(13-18-2-3-30-13)9-11(17)19-6-20-12(9)21/h2-4,6,8,10,14,22H,5H2,1H3,(H,26,27)(H,28,29)(H2,17,19,20)(H2,23,24,25)/t8-,10-,14-,15?/m1/s1. The summed E-state index contributed by atoms with van der Waals surface area (Å²) in [6, 6.07) is 0. The van der Waals surface area contributed by atoms with Gasteiger partial charge in [0.15, 0.2) is 11.9 Å². The average molecular weight is 589 g/mol. The molecule has 7 N–H and O–H groups in total. The number of aromatic nitrogens is 4. The van der Waals surface area contributed by atoms with Crippen molar-refractivity contribution < 1.29 is 65.1 Å². The molecule has 1 aliphatic heterocycles. The Labute approximate surface area is 205 Å². The van der Waals surface area contributed by atoms with E-state index in [9.17, 15) is 28.6 Å². The Bertz CT molecular complexity index is 1440. The summed E-state index contributed by atoms with van der Waals surface area (Å²) >= 11 is 0. The van der Waals surface area contributed by atoms with Crippen LogP contribution in [0.25, 0.3) is 22.5 Å². The molecule has 22 heteroatoms. The van der Waals surface area contributed by atoms with Crippen LogP contribution >= 0.6 is 23.5 Å². The van der Waals surface area contributed by atoms with Crippen molar-refractivity contribution in [3.63, 3.8) is 0 Å². The van der Waals surface area contributed by atoms with Crippen LogP contribution in [0, 0.1) is 0 Å². The maximum atomic E-state index is 15.7. The molecule has 37 heavy (non-hydrogen) atoms. The first-order valence-corrected chi connectivity index (χ1v) is 14.3. The van der Waals surface area contributed by atoms with Gasteiger partial charge >= 0.3 is 23.5 Å². The first-order valence-electron chi connectivity index (χ1n) is 9.82. The largest absolute Gasteiger partial charge is 0.490 e. The van der Waals surface area contributed by atoms with Gasteiger partial charge in [-0.2, -0.15) is 8.62 Å². The Kier molecular flexibility index (Phi) is 7.22. The van der Waals surface area contributed by atoms with E-state index in [0.29, 0.717) is 0 Å². The van der Waals surface area contributed by atoms with Crippen LogP contribution in [0.3, 0.4) is 0 Å². The molecule has 3 aromatic rings. The van der Waals surface area contributed by atoms with Crippen molar-refractivity contribution in [2.75, 3.05) is 12.3 Å². The van der Waals surface area contributed by atoms with E-state index in [1.165, 1.54) is 23.2 Å². The number of aliphatic hydroxyl groups excluding tert-OH is 1. The van der Waals surface area contributed by atoms with E-state index in [-0.39, 0.29) is 28.3 Å². The number of phosphoric ester groups is 1. The molecule has 6 atom stereocenters. The topological polar surface area (TPSA) is 272 Å². The smallest absolute Gasteiger partial charge is 0.444 e. The van der Waals surface area contributed by atoms with Gasteiger partial charge in [-0.15, -0.1) is 0 Å². The first-order chi connectivity index (χ1) is 17.0. The minimum Gasteiger partial charge on any atom is -0.444 e. The second-order valence-electron chi connectivity index (χ2n) is 7.75. The molecule has 0 bridgehead atoms. The van der Waals surface area contributed by atoms with E-state index in [1.807, 2.05) is 0 Å². The Morgan fingerprint density at radius 1 is 1.16 bits per heavy atom. The van der Waals surface area contributed by atoms with E-state index in [0.717, 1.165) is 13.3 Å². The lowest BCUT2D eigenvalue weighted by molar-refractivity contribution is -0.0557. The minimum atomic E-state index is -5.77. The Balaban J connectivity index is 1.59. The summed E-state index contributed by atoms with van der Waals surface area (Å²) in [5.74, 6) is 0.0915. The lowest BCUT2D eigenvalue weighted by Gasteiger charge is -2.25. The van der Waals surface area contributed by atoms with E-state index < -0.39 is 54.2 Å². The van der Waals surface area contributed by atoms with Crippen molar-refractivity contribution >= 4 is 40.3 Å². The predicted octanol–water partition coefficient (Wildman–Crippen LogP) is 0.998. The number of ether oxygens (including phenoxy) is 1. The zero-order chi connectivity index (χ0) is 27.4. The van der Waals surface area contributed by atoms with Gasteiger partial charge < -0.3 is 44.1 Å². The summed E-state index contributed by atoms with van der Waals surface area (Å²) in [7, 11) is -16.9. The highest BCUT2D eigenvalue weighted by Gasteiger charge is 2.56. The minimum absolute atomic E-state index is 0.000246. The number of fused-ring (bicyclic) bond motifs is 1. The molecule has 1 aliphatic rings. The highest BCUT2D eigenvalue weighted by Crippen LogP contribution is 2.66. The number of hydrogen-bond donors (Lipinski definition) is 6. The Morgan fingerprint density at radius 3 is 2.49 bits per heavy atom. The maximum Gasteiger partial charge on any atom is 0.490 e. The molecule has 18 nitrogen and oxygen atoms in total. The monoisotopic (exact) mass is 589 g/mol. The van der Waals surface area contributed by atoms with Crippen LogP contribution < -0.4 is 5.73 Å². The van der Waals surface area contributed by atoms with Crippen LogP contribution in [0.2, 0.25) is 0 Å².